The first-order valence-electron chi connectivity index (χ1n) is 6.92. The molecule has 3 aliphatic rings. The summed E-state index contributed by atoms with van der Waals surface area (Å²) in [7, 11) is 0. The summed E-state index contributed by atoms with van der Waals surface area (Å²) < 4.78 is 0. The Morgan fingerprint density at radius 3 is 2.82 bits per heavy atom. The molecule has 2 fully saturated rings. The zero-order valence-electron chi connectivity index (χ0n) is 10.2. The average Bonchev–Trinajstić information content (AvgIpc) is 2.88. The van der Waals surface area contributed by atoms with E-state index in [1.165, 1.54) is 19.3 Å². The van der Waals surface area contributed by atoms with Gasteiger partial charge in [0.15, 0.2) is 0 Å². The second kappa shape index (κ2) is 4.45. The van der Waals surface area contributed by atoms with Gasteiger partial charge in [-0.2, -0.15) is 0 Å². The van der Waals surface area contributed by atoms with Crippen molar-refractivity contribution >= 4 is 5.97 Å². The van der Waals surface area contributed by atoms with Gasteiger partial charge in [0.1, 0.15) is 6.04 Å². The molecule has 3 nitrogen and oxygen atoms in total. The maximum atomic E-state index is 11.5. The van der Waals surface area contributed by atoms with Gasteiger partial charge in [-0.05, 0) is 43.9 Å². The minimum Gasteiger partial charge on any atom is -0.480 e. The predicted octanol–water partition coefficient (Wildman–Crippen LogP) is 2.28. The van der Waals surface area contributed by atoms with Crippen LogP contribution in [0.4, 0.5) is 0 Å². The van der Waals surface area contributed by atoms with Gasteiger partial charge in [-0.15, -0.1) is 0 Å². The summed E-state index contributed by atoms with van der Waals surface area (Å²) in [6.07, 6.45) is 11.6. The van der Waals surface area contributed by atoms with Gasteiger partial charge in [0, 0.05) is 12.6 Å². The second-order valence-electron chi connectivity index (χ2n) is 5.76. The summed E-state index contributed by atoms with van der Waals surface area (Å²) in [5.74, 6) is 0.465. The van der Waals surface area contributed by atoms with Crippen LogP contribution in [0, 0.1) is 11.8 Å². The van der Waals surface area contributed by atoms with E-state index in [1.807, 2.05) is 0 Å². The fourth-order valence-corrected chi connectivity index (χ4v) is 4.08. The van der Waals surface area contributed by atoms with Gasteiger partial charge in [-0.1, -0.05) is 18.6 Å². The molecule has 1 N–H and O–H groups in total. The lowest BCUT2D eigenvalue weighted by atomic mass is 9.93. The molecular weight excluding hydrogens is 214 g/mol. The van der Waals surface area contributed by atoms with Crippen molar-refractivity contribution in [3.8, 4) is 0 Å². The molecule has 1 saturated heterocycles. The van der Waals surface area contributed by atoms with E-state index in [1.54, 1.807) is 0 Å². The van der Waals surface area contributed by atoms with Gasteiger partial charge in [0.05, 0.1) is 0 Å². The minimum absolute atomic E-state index is 0.213. The predicted molar refractivity (Wildman–Crippen MR) is 65.7 cm³/mol. The van der Waals surface area contributed by atoms with Crippen LogP contribution in [0.25, 0.3) is 0 Å². The maximum Gasteiger partial charge on any atom is 0.321 e. The van der Waals surface area contributed by atoms with E-state index < -0.39 is 5.97 Å². The first-order valence-corrected chi connectivity index (χ1v) is 6.92. The van der Waals surface area contributed by atoms with Gasteiger partial charge >= 0.3 is 5.97 Å². The molecule has 0 spiro atoms. The van der Waals surface area contributed by atoms with Crippen LogP contribution in [-0.2, 0) is 4.79 Å². The number of aliphatic carboxylic acids is 1. The number of hydrogen-bond acceptors (Lipinski definition) is 2. The van der Waals surface area contributed by atoms with Crippen LogP contribution in [0.15, 0.2) is 12.2 Å². The Balaban J connectivity index is 1.81. The Kier molecular flexibility index (Phi) is 2.95. The van der Waals surface area contributed by atoms with Crippen molar-refractivity contribution in [2.75, 3.05) is 6.54 Å². The molecule has 3 rings (SSSR count). The third kappa shape index (κ3) is 1.90. The first kappa shape index (κ1) is 11.3. The largest absolute Gasteiger partial charge is 0.480 e. The van der Waals surface area contributed by atoms with E-state index in [-0.39, 0.29) is 6.04 Å². The number of allylic oxidation sites excluding steroid dienone is 1. The molecule has 0 aromatic rings. The Bertz CT molecular complexity index is 339. The van der Waals surface area contributed by atoms with Crippen molar-refractivity contribution in [2.24, 2.45) is 11.8 Å². The molecule has 0 radical (unpaired) electrons. The average molecular weight is 235 g/mol. The number of hydrogen-bond donors (Lipinski definition) is 1. The molecule has 4 atom stereocenters. The number of rotatable bonds is 2. The van der Waals surface area contributed by atoms with Crippen molar-refractivity contribution < 1.29 is 9.90 Å². The molecule has 0 bridgehead atoms. The zero-order valence-corrected chi connectivity index (χ0v) is 10.2. The van der Waals surface area contributed by atoms with Gasteiger partial charge in [0.25, 0.3) is 0 Å². The first-order chi connectivity index (χ1) is 8.27. The number of nitrogens with zero attached hydrogens (tertiary/aromatic N) is 1. The normalized spacial score (nSPS) is 41.6. The molecule has 0 amide bonds. The highest BCUT2D eigenvalue weighted by Crippen LogP contribution is 2.43. The molecule has 1 heterocycles. The van der Waals surface area contributed by atoms with Gasteiger partial charge in [0.2, 0.25) is 0 Å². The van der Waals surface area contributed by atoms with Crippen molar-refractivity contribution in [1.29, 1.82) is 0 Å². The fourth-order valence-electron chi connectivity index (χ4n) is 4.08. The van der Waals surface area contributed by atoms with Crippen molar-refractivity contribution in [2.45, 2.75) is 50.6 Å². The third-order valence-electron chi connectivity index (χ3n) is 4.83. The van der Waals surface area contributed by atoms with Crippen molar-refractivity contribution in [1.82, 2.24) is 4.90 Å². The number of carbonyl (C=O) groups is 1. The van der Waals surface area contributed by atoms with Crippen LogP contribution in [0.5, 0.6) is 0 Å². The quantitative estimate of drug-likeness (QED) is 0.746. The van der Waals surface area contributed by atoms with Crippen LogP contribution < -0.4 is 0 Å². The summed E-state index contributed by atoms with van der Waals surface area (Å²) in [5.41, 5.74) is 0. The number of carboxylic acids is 1. The van der Waals surface area contributed by atoms with Gasteiger partial charge < -0.3 is 5.11 Å². The molecule has 1 saturated carbocycles. The van der Waals surface area contributed by atoms with Crippen LogP contribution in [0.2, 0.25) is 0 Å². The summed E-state index contributed by atoms with van der Waals surface area (Å²) in [6, 6.07) is 0.172. The van der Waals surface area contributed by atoms with Gasteiger partial charge in [-0.3, -0.25) is 9.69 Å². The van der Waals surface area contributed by atoms with Gasteiger partial charge in [-0.25, -0.2) is 0 Å². The third-order valence-corrected chi connectivity index (χ3v) is 4.83. The Labute approximate surface area is 102 Å². The molecule has 2 aliphatic carbocycles. The summed E-state index contributed by atoms with van der Waals surface area (Å²) in [5, 5.41) is 9.50. The SMILES string of the molecule is O=C(O)C1C2CCCC2CN1C1C=CCCC1. The lowest BCUT2D eigenvalue weighted by Gasteiger charge is -2.32. The summed E-state index contributed by atoms with van der Waals surface area (Å²) in [6.45, 7) is 1.01. The van der Waals surface area contributed by atoms with Crippen molar-refractivity contribution in [3.05, 3.63) is 12.2 Å². The Hall–Kier alpha value is -0.830. The molecular formula is C14H21NO2. The van der Waals surface area contributed by atoms with Crippen LogP contribution in [0.1, 0.15) is 38.5 Å². The number of likely N-dealkylation sites (tertiary alicyclic amines) is 1. The molecule has 94 valence electrons. The molecule has 4 unspecified atom stereocenters. The highest BCUT2D eigenvalue weighted by Gasteiger charge is 2.49. The lowest BCUT2D eigenvalue weighted by Crippen LogP contribution is -2.45. The summed E-state index contributed by atoms with van der Waals surface area (Å²) in [4.78, 5) is 13.8. The van der Waals surface area contributed by atoms with Crippen molar-refractivity contribution in [3.63, 3.8) is 0 Å². The van der Waals surface area contributed by atoms with E-state index in [9.17, 15) is 9.90 Å². The monoisotopic (exact) mass is 235 g/mol. The molecule has 3 heteroatoms. The van der Waals surface area contributed by atoms with E-state index in [2.05, 4.69) is 17.1 Å². The van der Waals surface area contributed by atoms with Crippen LogP contribution >= 0.6 is 0 Å². The van der Waals surface area contributed by atoms with E-state index in [4.69, 9.17) is 0 Å². The van der Waals surface area contributed by atoms with E-state index in [0.29, 0.717) is 17.9 Å². The van der Waals surface area contributed by atoms with E-state index in [0.717, 1.165) is 25.8 Å². The number of fused-ring (bicyclic) bond motifs is 1. The fraction of sp³-hybridized carbons (Fsp3) is 0.786. The smallest absolute Gasteiger partial charge is 0.321 e. The maximum absolute atomic E-state index is 11.5. The second-order valence-corrected chi connectivity index (χ2v) is 5.76. The lowest BCUT2D eigenvalue weighted by molar-refractivity contribution is -0.144. The molecule has 1 aliphatic heterocycles. The molecule has 0 aromatic heterocycles. The van der Waals surface area contributed by atoms with E-state index >= 15 is 0 Å². The number of carboxylic acid groups (broad SMARTS) is 1. The van der Waals surface area contributed by atoms with Crippen LogP contribution in [-0.4, -0.2) is 34.6 Å². The van der Waals surface area contributed by atoms with Crippen LogP contribution in [0.3, 0.4) is 0 Å². The molecule has 0 aromatic carbocycles. The Morgan fingerprint density at radius 1 is 1.24 bits per heavy atom. The summed E-state index contributed by atoms with van der Waals surface area (Å²) >= 11 is 0. The molecule has 17 heavy (non-hydrogen) atoms. The highest BCUT2D eigenvalue weighted by atomic mass is 16.4. The topological polar surface area (TPSA) is 40.5 Å². The standard InChI is InChI=1S/C14H21NO2/c16-14(17)13-12-8-4-5-10(12)9-15(13)11-6-2-1-3-7-11/h2,6,10-13H,1,3-5,7-9H2,(H,16,17). The highest BCUT2D eigenvalue weighted by molar-refractivity contribution is 5.74. The Morgan fingerprint density at radius 2 is 2.12 bits per heavy atom. The zero-order chi connectivity index (χ0) is 11.8. The minimum atomic E-state index is -0.599.